The highest BCUT2D eigenvalue weighted by molar-refractivity contribution is 7.80. The number of halogens is 1. The Morgan fingerprint density at radius 2 is 2.20 bits per heavy atom. The van der Waals surface area contributed by atoms with Crippen molar-refractivity contribution >= 4 is 40.5 Å². The van der Waals surface area contributed by atoms with Gasteiger partial charge in [-0.05, 0) is 24.1 Å². The summed E-state index contributed by atoms with van der Waals surface area (Å²) in [6.07, 6.45) is 0.519. The Morgan fingerprint density at radius 3 is 2.75 bits per heavy atom. The average molecular weight is 314 g/mol. The first-order chi connectivity index (χ1) is 9.38. The topological polar surface area (TPSA) is 58.4 Å². The highest BCUT2D eigenvalue weighted by Gasteiger charge is 2.15. The summed E-state index contributed by atoms with van der Waals surface area (Å²) >= 11 is 10.8. The molecule has 0 unspecified atom stereocenters. The SMILES string of the molecule is CC(C)CN(CCC(N)=S)C(=O)Nc1cccc(Cl)c1. The van der Waals surface area contributed by atoms with Gasteiger partial charge in [-0.25, -0.2) is 4.79 Å². The minimum Gasteiger partial charge on any atom is -0.393 e. The van der Waals surface area contributed by atoms with Crippen molar-refractivity contribution in [3.8, 4) is 0 Å². The third-order valence-corrected chi connectivity index (χ3v) is 3.02. The van der Waals surface area contributed by atoms with Crippen LogP contribution >= 0.6 is 23.8 Å². The summed E-state index contributed by atoms with van der Waals surface area (Å²) in [5.74, 6) is 0.367. The van der Waals surface area contributed by atoms with Crippen molar-refractivity contribution in [2.75, 3.05) is 18.4 Å². The molecule has 0 radical (unpaired) electrons. The predicted molar refractivity (Wildman–Crippen MR) is 88.3 cm³/mol. The van der Waals surface area contributed by atoms with Crippen LogP contribution in [0.25, 0.3) is 0 Å². The molecule has 0 aromatic heterocycles. The number of carbonyl (C=O) groups is 1. The van der Waals surface area contributed by atoms with Gasteiger partial charge in [-0.15, -0.1) is 0 Å². The van der Waals surface area contributed by atoms with Gasteiger partial charge in [0.2, 0.25) is 0 Å². The Kier molecular flexibility index (Phi) is 6.75. The maximum Gasteiger partial charge on any atom is 0.321 e. The van der Waals surface area contributed by atoms with Crippen molar-refractivity contribution in [1.29, 1.82) is 0 Å². The molecule has 110 valence electrons. The van der Waals surface area contributed by atoms with E-state index in [-0.39, 0.29) is 6.03 Å². The molecular weight excluding hydrogens is 294 g/mol. The zero-order valence-electron chi connectivity index (χ0n) is 11.7. The van der Waals surface area contributed by atoms with Gasteiger partial charge < -0.3 is 16.0 Å². The Bertz CT molecular complexity index is 479. The summed E-state index contributed by atoms with van der Waals surface area (Å²) < 4.78 is 0. The van der Waals surface area contributed by atoms with E-state index in [4.69, 9.17) is 29.6 Å². The summed E-state index contributed by atoms with van der Waals surface area (Å²) in [5.41, 5.74) is 6.17. The normalized spacial score (nSPS) is 10.4. The summed E-state index contributed by atoms with van der Waals surface area (Å²) in [6.45, 7) is 5.27. The number of amides is 2. The molecule has 1 aromatic rings. The monoisotopic (exact) mass is 313 g/mol. The quantitative estimate of drug-likeness (QED) is 0.790. The Hall–Kier alpha value is -1.33. The van der Waals surface area contributed by atoms with Crippen LogP contribution < -0.4 is 11.1 Å². The van der Waals surface area contributed by atoms with Crippen molar-refractivity contribution in [1.82, 2.24) is 4.90 Å². The second-order valence-electron chi connectivity index (χ2n) is 5.00. The number of rotatable bonds is 6. The van der Waals surface area contributed by atoms with Crippen LogP contribution in [0.15, 0.2) is 24.3 Å². The van der Waals surface area contributed by atoms with Crippen LogP contribution in [0.1, 0.15) is 20.3 Å². The summed E-state index contributed by atoms with van der Waals surface area (Å²) in [7, 11) is 0. The van der Waals surface area contributed by atoms with Gasteiger partial charge in [0.25, 0.3) is 0 Å². The lowest BCUT2D eigenvalue weighted by Crippen LogP contribution is -2.39. The molecule has 0 bridgehead atoms. The maximum atomic E-state index is 12.3. The van der Waals surface area contributed by atoms with Crippen molar-refractivity contribution in [3.63, 3.8) is 0 Å². The number of thiocarbonyl (C=S) groups is 1. The Labute approximate surface area is 130 Å². The Morgan fingerprint density at radius 1 is 1.50 bits per heavy atom. The second-order valence-corrected chi connectivity index (χ2v) is 5.96. The van der Waals surface area contributed by atoms with Gasteiger partial charge >= 0.3 is 6.03 Å². The molecule has 20 heavy (non-hydrogen) atoms. The molecule has 0 fully saturated rings. The largest absolute Gasteiger partial charge is 0.393 e. The second kappa shape index (κ2) is 8.07. The van der Waals surface area contributed by atoms with Gasteiger partial charge in [0.1, 0.15) is 0 Å². The van der Waals surface area contributed by atoms with E-state index in [1.54, 1.807) is 29.2 Å². The van der Waals surface area contributed by atoms with Gasteiger partial charge in [0, 0.05) is 30.2 Å². The van der Waals surface area contributed by atoms with Crippen LogP contribution in [0.5, 0.6) is 0 Å². The molecule has 1 rings (SSSR count). The number of urea groups is 1. The molecule has 6 heteroatoms. The number of nitrogens with zero attached hydrogens (tertiary/aromatic N) is 1. The van der Waals surface area contributed by atoms with Gasteiger partial charge in [0.05, 0.1) is 4.99 Å². The van der Waals surface area contributed by atoms with Gasteiger partial charge in [0.15, 0.2) is 0 Å². The van der Waals surface area contributed by atoms with E-state index in [0.717, 1.165) is 0 Å². The highest BCUT2D eigenvalue weighted by Crippen LogP contribution is 2.15. The lowest BCUT2D eigenvalue weighted by atomic mass is 10.2. The van der Waals surface area contributed by atoms with E-state index in [9.17, 15) is 4.79 Å². The van der Waals surface area contributed by atoms with Crippen LogP contribution in [0.3, 0.4) is 0 Å². The smallest absolute Gasteiger partial charge is 0.321 e. The van der Waals surface area contributed by atoms with E-state index < -0.39 is 0 Å². The molecule has 0 spiro atoms. The molecule has 1 aromatic carbocycles. The third kappa shape index (κ3) is 6.21. The minimum atomic E-state index is -0.169. The maximum absolute atomic E-state index is 12.3. The summed E-state index contributed by atoms with van der Waals surface area (Å²) in [4.78, 5) is 14.4. The van der Waals surface area contributed by atoms with E-state index >= 15 is 0 Å². The van der Waals surface area contributed by atoms with Crippen molar-refractivity contribution < 1.29 is 4.79 Å². The zero-order valence-corrected chi connectivity index (χ0v) is 13.3. The lowest BCUT2D eigenvalue weighted by molar-refractivity contribution is 0.206. The summed E-state index contributed by atoms with van der Waals surface area (Å²) in [5, 5.41) is 3.41. The molecule has 0 atom stereocenters. The van der Waals surface area contributed by atoms with Crippen LogP contribution in [0, 0.1) is 5.92 Å². The average Bonchev–Trinajstić information content (AvgIpc) is 2.33. The van der Waals surface area contributed by atoms with Crippen LogP contribution in [0.4, 0.5) is 10.5 Å². The van der Waals surface area contributed by atoms with E-state index in [2.05, 4.69) is 19.2 Å². The number of hydrogen-bond acceptors (Lipinski definition) is 2. The van der Waals surface area contributed by atoms with Crippen molar-refractivity contribution in [2.45, 2.75) is 20.3 Å². The van der Waals surface area contributed by atoms with Crippen LogP contribution in [-0.2, 0) is 0 Å². The third-order valence-electron chi connectivity index (χ3n) is 2.58. The number of anilines is 1. The van der Waals surface area contributed by atoms with E-state index in [1.165, 1.54) is 0 Å². The molecule has 3 N–H and O–H groups in total. The standard InChI is InChI=1S/C14H20ClN3OS/c1-10(2)9-18(7-6-13(16)20)14(19)17-12-5-3-4-11(15)8-12/h3-5,8,10H,6-7,9H2,1-2H3,(H2,16,20)(H,17,19). The van der Waals surface area contributed by atoms with Crippen molar-refractivity contribution in [3.05, 3.63) is 29.3 Å². The van der Waals surface area contributed by atoms with E-state index in [1.807, 2.05) is 0 Å². The van der Waals surface area contributed by atoms with E-state index in [0.29, 0.717) is 41.1 Å². The fourth-order valence-corrected chi connectivity index (χ4v) is 2.01. The van der Waals surface area contributed by atoms with Gasteiger partial charge in [-0.3, -0.25) is 0 Å². The molecule has 4 nitrogen and oxygen atoms in total. The molecular formula is C14H20ClN3OS. The molecule has 0 heterocycles. The first kappa shape index (κ1) is 16.7. The fourth-order valence-electron chi connectivity index (χ4n) is 1.73. The van der Waals surface area contributed by atoms with Crippen LogP contribution in [0.2, 0.25) is 5.02 Å². The predicted octanol–water partition coefficient (Wildman–Crippen LogP) is 3.51. The van der Waals surface area contributed by atoms with Crippen molar-refractivity contribution in [2.24, 2.45) is 11.7 Å². The van der Waals surface area contributed by atoms with Gasteiger partial charge in [-0.1, -0.05) is 43.7 Å². The molecule has 0 aliphatic rings. The fraction of sp³-hybridized carbons (Fsp3) is 0.429. The summed E-state index contributed by atoms with van der Waals surface area (Å²) in [6, 6.07) is 6.89. The number of benzene rings is 1. The molecule has 0 aliphatic heterocycles. The first-order valence-electron chi connectivity index (χ1n) is 6.48. The molecule has 0 saturated heterocycles. The molecule has 0 aliphatic carbocycles. The zero-order chi connectivity index (χ0) is 15.1. The van der Waals surface area contributed by atoms with Gasteiger partial charge in [-0.2, -0.15) is 0 Å². The number of nitrogens with one attached hydrogen (secondary N) is 1. The Balaban J connectivity index is 2.69. The molecule has 0 saturated carbocycles. The molecule has 2 amide bonds. The number of carbonyl (C=O) groups excluding carboxylic acids is 1. The van der Waals surface area contributed by atoms with Crippen LogP contribution in [-0.4, -0.2) is 29.0 Å². The first-order valence-corrected chi connectivity index (χ1v) is 7.27. The number of hydrogen-bond donors (Lipinski definition) is 2. The lowest BCUT2D eigenvalue weighted by Gasteiger charge is -2.24. The minimum absolute atomic E-state index is 0.169. The highest BCUT2D eigenvalue weighted by atomic mass is 35.5. The number of nitrogens with two attached hydrogens (primary N) is 1.